The minimum absolute atomic E-state index is 0.196. The SMILES string of the molecule is Cc1oc2cc3oc(=O)c(CC(=O)N[C@@H](CSCc4ccccc4)C(=O)O)c(C)c3cc2c1-c1ccccc1. The molecule has 7 nitrogen and oxygen atoms in total. The van der Waals surface area contributed by atoms with Gasteiger partial charge in [0.15, 0.2) is 0 Å². The van der Waals surface area contributed by atoms with Gasteiger partial charge in [-0.25, -0.2) is 9.59 Å². The molecule has 0 aliphatic heterocycles. The van der Waals surface area contributed by atoms with Crippen molar-refractivity contribution in [2.75, 3.05) is 5.75 Å². The van der Waals surface area contributed by atoms with Gasteiger partial charge in [-0.3, -0.25) is 4.79 Å². The molecular formula is C31H27NO6S. The van der Waals surface area contributed by atoms with Crippen LogP contribution in [-0.2, 0) is 21.8 Å². The van der Waals surface area contributed by atoms with E-state index < -0.39 is 23.5 Å². The Kier molecular flexibility index (Phi) is 7.56. The molecule has 0 aliphatic carbocycles. The number of thioether (sulfide) groups is 1. The molecule has 8 heteroatoms. The molecule has 2 heterocycles. The number of nitrogens with one attached hydrogen (secondary N) is 1. The molecule has 2 N–H and O–H groups in total. The van der Waals surface area contributed by atoms with Crippen LogP contribution in [0.2, 0.25) is 0 Å². The van der Waals surface area contributed by atoms with Gasteiger partial charge in [-0.15, -0.1) is 0 Å². The van der Waals surface area contributed by atoms with Gasteiger partial charge in [-0.2, -0.15) is 11.8 Å². The third-order valence-corrected chi connectivity index (χ3v) is 7.81. The van der Waals surface area contributed by atoms with E-state index in [1.54, 1.807) is 13.0 Å². The van der Waals surface area contributed by atoms with Gasteiger partial charge in [0.2, 0.25) is 5.91 Å². The number of carboxylic acid groups (broad SMARTS) is 1. The number of amides is 1. The monoisotopic (exact) mass is 541 g/mol. The summed E-state index contributed by atoms with van der Waals surface area (Å²) in [6, 6.07) is 22.1. The molecule has 0 aliphatic rings. The number of hydrogen-bond donors (Lipinski definition) is 2. The van der Waals surface area contributed by atoms with Crippen LogP contribution in [0.3, 0.4) is 0 Å². The minimum atomic E-state index is -1.13. The Hall–Kier alpha value is -4.30. The van der Waals surface area contributed by atoms with Crippen LogP contribution >= 0.6 is 11.8 Å². The van der Waals surface area contributed by atoms with E-state index in [1.165, 1.54) is 11.8 Å². The third-order valence-electron chi connectivity index (χ3n) is 6.70. The Balaban J connectivity index is 1.39. The third kappa shape index (κ3) is 5.61. The molecule has 5 aromatic rings. The van der Waals surface area contributed by atoms with E-state index in [-0.39, 0.29) is 17.7 Å². The lowest BCUT2D eigenvalue weighted by molar-refractivity contribution is -0.141. The Morgan fingerprint density at radius 2 is 1.59 bits per heavy atom. The molecule has 1 atom stereocenters. The van der Waals surface area contributed by atoms with E-state index in [0.29, 0.717) is 27.9 Å². The van der Waals surface area contributed by atoms with Crippen LogP contribution in [0.1, 0.15) is 22.5 Å². The number of hydrogen-bond acceptors (Lipinski definition) is 6. The summed E-state index contributed by atoms with van der Waals surface area (Å²) in [6.07, 6.45) is -0.286. The number of carboxylic acids is 1. The van der Waals surface area contributed by atoms with Gasteiger partial charge < -0.3 is 19.3 Å². The Morgan fingerprint density at radius 3 is 2.28 bits per heavy atom. The van der Waals surface area contributed by atoms with Crippen LogP contribution in [0.15, 0.2) is 86.4 Å². The number of benzene rings is 3. The lowest BCUT2D eigenvalue weighted by Gasteiger charge is -2.15. The molecule has 198 valence electrons. The molecule has 5 rings (SSSR count). The normalized spacial score (nSPS) is 12.1. The van der Waals surface area contributed by atoms with Crippen molar-refractivity contribution in [3.63, 3.8) is 0 Å². The van der Waals surface area contributed by atoms with Crippen molar-refractivity contribution in [2.45, 2.75) is 32.1 Å². The quantitative estimate of drug-likeness (QED) is 0.225. The second-order valence-electron chi connectivity index (χ2n) is 9.37. The summed E-state index contributed by atoms with van der Waals surface area (Å²) in [5, 5.41) is 13.8. The Bertz CT molecular complexity index is 1720. The first-order chi connectivity index (χ1) is 18.8. The molecule has 2 aromatic heterocycles. The van der Waals surface area contributed by atoms with E-state index in [9.17, 15) is 19.5 Å². The van der Waals surface area contributed by atoms with E-state index in [1.807, 2.05) is 73.7 Å². The minimum Gasteiger partial charge on any atom is -0.480 e. The van der Waals surface area contributed by atoms with Crippen molar-refractivity contribution in [1.29, 1.82) is 0 Å². The second-order valence-corrected chi connectivity index (χ2v) is 10.4. The van der Waals surface area contributed by atoms with Crippen LogP contribution < -0.4 is 10.9 Å². The highest BCUT2D eigenvalue weighted by molar-refractivity contribution is 7.98. The van der Waals surface area contributed by atoms with Gasteiger partial charge >= 0.3 is 11.6 Å². The Morgan fingerprint density at radius 1 is 0.923 bits per heavy atom. The highest BCUT2D eigenvalue weighted by atomic mass is 32.2. The molecule has 1 amide bonds. The van der Waals surface area contributed by atoms with Gasteiger partial charge in [-0.1, -0.05) is 60.7 Å². The van der Waals surface area contributed by atoms with Gasteiger partial charge in [-0.05, 0) is 36.6 Å². The van der Waals surface area contributed by atoms with Crippen molar-refractivity contribution in [3.8, 4) is 11.1 Å². The molecular weight excluding hydrogens is 514 g/mol. The number of furan rings is 1. The summed E-state index contributed by atoms with van der Waals surface area (Å²) < 4.78 is 11.6. The summed E-state index contributed by atoms with van der Waals surface area (Å²) in [6.45, 7) is 3.66. The van der Waals surface area contributed by atoms with Crippen molar-refractivity contribution < 1.29 is 23.5 Å². The summed E-state index contributed by atoms with van der Waals surface area (Å²) >= 11 is 1.42. The standard InChI is InChI=1S/C31H27NO6S/c1-18-22-13-24-27(37-19(2)29(24)21-11-7-4-8-12-21)15-26(22)38-31(36)23(18)14-28(33)32-25(30(34)35)17-39-16-20-9-5-3-6-10-20/h3-13,15,25H,14,16-17H2,1-2H3,(H,32,33)(H,34,35)/t25-/m0/s1. The fourth-order valence-corrected chi connectivity index (χ4v) is 5.73. The van der Waals surface area contributed by atoms with Crippen molar-refractivity contribution in [1.82, 2.24) is 5.32 Å². The lowest BCUT2D eigenvalue weighted by Crippen LogP contribution is -2.43. The van der Waals surface area contributed by atoms with Gasteiger partial charge in [0.05, 0.1) is 12.0 Å². The smallest absolute Gasteiger partial charge is 0.340 e. The molecule has 0 saturated heterocycles. The summed E-state index contributed by atoms with van der Waals surface area (Å²) in [4.78, 5) is 37.5. The second kappa shape index (κ2) is 11.2. The maximum atomic E-state index is 12.9. The maximum absolute atomic E-state index is 12.9. The number of aryl methyl sites for hydroxylation is 2. The Labute approximate surface area is 228 Å². The average Bonchev–Trinajstić information content (AvgIpc) is 3.25. The molecule has 0 fully saturated rings. The predicted molar refractivity (Wildman–Crippen MR) is 153 cm³/mol. The average molecular weight is 542 g/mol. The zero-order valence-electron chi connectivity index (χ0n) is 21.5. The van der Waals surface area contributed by atoms with E-state index in [2.05, 4.69) is 5.32 Å². The summed E-state index contributed by atoms with van der Waals surface area (Å²) in [7, 11) is 0. The van der Waals surface area contributed by atoms with Crippen LogP contribution in [0, 0.1) is 13.8 Å². The van der Waals surface area contributed by atoms with Gasteiger partial charge in [0.25, 0.3) is 0 Å². The van der Waals surface area contributed by atoms with Gasteiger partial charge in [0, 0.05) is 33.9 Å². The molecule has 39 heavy (non-hydrogen) atoms. The fourth-order valence-electron chi connectivity index (χ4n) is 4.72. The molecule has 0 bridgehead atoms. The van der Waals surface area contributed by atoms with Crippen molar-refractivity contribution in [3.05, 3.63) is 106 Å². The fraction of sp³-hybridized carbons (Fsp3) is 0.194. The number of rotatable bonds is 9. The van der Waals surface area contributed by atoms with Crippen molar-refractivity contribution in [2.24, 2.45) is 0 Å². The van der Waals surface area contributed by atoms with E-state index in [4.69, 9.17) is 8.83 Å². The zero-order chi connectivity index (χ0) is 27.5. The highest BCUT2D eigenvalue weighted by Crippen LogP contribution is 2.37. The highest BCUT2D eigenvalue weighted by Gasteiger charge is 2.23. The number of carbonyl (C=O) groups excluding carboxylic acids is 1. The van der Waals surface area contributed by atoms with E-state index in [0.717, 1.165) is 27.8 Å². The molecule has 0 saturated carbocycles. The number of aliphatic carboxylic acids is 1. The number of carbonyl (C=O) groups is 2. The molecule has 0 spiro atoms. The summed E-state index contributed by atoms with van der Waals surface area (Å²) in [5.74, 6) is -0.113. The van der Waals surface area contributed by atoms with E-state index >= 15 is 0 Å². The first-order valence-electron chi connectivity index (χ1n) is 12.5. The lowest BCUT2D eigenvalue weighted by atomic mass is 9.98. The molecule has 0 unspecified atom stereocenters. The van der Waals surface area contributed by atoms with Gasteiger partial charge in [0.1, 0.15) is 23.0 Å². The van der Waals surface area contributed by atoms with Crippen molar-refractivity contribution >= 4 is 45.6 Å². The predicted octanol–water partition coefficient (Wildman–Crippen LogP) is 5.87. The van der Waals surface area contributed by atoms with Crippen LogP contribution in [-0.4, -0.2) is 28.8 Å². The number of fused-ring (bicyclic) bond motifs is 2. The summed E-state index contributed by atoms with van der Waals surface area (Å²) in [5.41, 5.74) is 4.17. The first kappa shape index (κ1) is 26.3. The largest absolute Gasteiger partial charge is 0.480 e. The zero-order valence-corrected chi connectivity index (χ0v) is 22.3. The maximum Gasteiger partial charge on any atom is 0.340 e. The topological polar surface area (TPSA) is 110 Å². The van der Waals surface area contributed by atoms with Crippen LogP contribution in [0.25, 0.3) is 33.1 Å². The van der Waals surface area contributed by atoms with Crippen LogP contribution in [0.4, 0.5) is 0 Å². The first-order valence-corrected chi connectivity index (χ1v) is 13.7. The molecule has 0 radical (unpaired) electrons. The molecule has 3 aromatic carbocycles. The van der Waals surface area contributed by atoms with Crippen LogP contribution in [0.5, 0.6) is 0 Å².